The largest absolute Gasteiger partial charge is 0.353 e. The van der Waals surface area contributed by atoms with Crippen molar-refractivity contribution in [2.45, 2.75) is 44.8 Å². The van der Waals surface area contributed by atoms with Gasteiger partial charge in [0.25, 0.3) is 0 Å². The van der Waals surface area contributed by atoms with Crippen LogP contribution in [0.1, 0.15) is 38.5 Å². The Kier molecular flexibility index (Phi) is 2.50. The third kappa shape index (κ3) is 1.70. The number of hydrogen-bond donors (Lipinski definition) is 0. The molecule has 1 aliphatic heterocycles. The molecule has 2 aliphatic carbocycles. The van der Waals surface area contributed by atoms with Gasteiger partial charge < -0.3 is 9.47 Å². The molecule has 2 unspecified atom stereocenters. The Bertz CT molecular complexity index is 186. The number of rotatable bonds is 3. The van der Waals surface area contributed by atoms with E-state index < -0.39 is 0 Å². The zero-order valence-corrected chi connectivity index (χ0v) is 8.78. The second kappa shape index (κ2) is 3.82. The van der Waals surface area contributed by atoms with E-state index in [2.05, 4.69) is 0 Å². The van der Waals surface area contributed by atoms with Crippen LogP contribution in [0.3, 0.4) is 0 Å². The highest BCUT2D eigenvalue weighted by Crippen LogP contribution is 2.57. The number of fused-ring (bicyclic) bond motifs is 1. The fraction of sp³-hybridized carbons (Fsp3) is 1.00. The number of ether oxygens (including phenoxy) is 2. The monoisotopic (exact) mass is 196 g/mol. The van der Waals surface area contributed by atoms with Crippen molar-refractivity contribution in [1.29, 1.82) is 0 Å². The van der Waals surface area contributed by atoms with Crippen molar-refractivity contribution < 1.29 is 9.47 Å². The van der Waals surface area contributed by atoms with Crippen molar-refractivity contribution >= 4 is 0 Å². The molecular formula is C12H20O2. The molecule has 0 aromatic carbocycles. The van der Waals surface area contributed by atoms with Crippen LogP contribution < -0.4 is 0 Å². The Labute approximate surface area is 86.0 Å². The number of hydrogen-bond acceptors (Lipinski definition) is 2. The third-order valence-corrected chi connectivity index (χ3v) is 4.20. The molecule has 0 amide bonds. The van der Waals surface area contributed by atoms with Gasteiger partial charge in [-0.05, 0) is 49.9 Å². The van der Waals surface area contributed by atoms with Crippen LogP contribution >= 0.6 is 0 Å². The molecule has 14 heavy (non-hydrogen) atoms. The van der Waals surface area contributed by atoms with E-state index in [1.54, 1.807) is 0 Å². The summed E-state index contributed by atoms with van der Waals surface area (Å²) >= 11 is 0. The molecule has 0 spiro atoms. The predicted octanol–water partition coefficient (Wildman–Crippen LogP) is 2.58. The van der Waals surface area contributed by atoms with Crippen molar-refractivity contribution in [1.82, 2.24) is 0 Å². The summed E-state index contributed by atoms with van der Waals surface area (Å²) in [6, 6.07) is 0. The fourth-order valence-corrected chi connectivity index (χ4v) is 3.28. The summed E-state index contributed by atoms with van der Waals surface area (Å²) in [6.45, 7) is 1.88. The first-order valence-electron chi connectivity index (χ1n) is 6.18. The van der Waals surface area contributed by atoms with Gasteiger partial charge >= 0.3 is 0 Å². The first kappa shape index (κ1) is 9.17. The minimum Gasteiger partial charge on any atom is -0.353 e. The summed E-state index contributed by atoms with van der Waals surface area (Å²) in [6.07, 6.45) is 8.13. The Hall–Kier alpha value is -0.0800. The molecule has 0 aromatic heterocycles. The summed E-state index contributed by atoms with van der Waals surface area (Å²) in [5.74, 6) is 2.95. The van der Waals surface area contributed by atoms with E-state index in [4.69, 9.17) is 9.47 Å². The van der Waals surface area contributed by atoms with Crippen molar-refractivity contribution in [2.24, 2.45) is 17.8 Å². The Balaban J connectivity index is 1.38. The second-order valence-electron chi connectivity index (χ2n) is 5.05. The molecule has 80 valence electrons. The molecule has 4 atom stereocenters. The summed E-state index contributed by atoms with van der Waals surface area (Å²) in [4.78, 5) is 0. The molecule has 3 rings (SSSR count). The average Bonchev–Trinajstić information content (AvgIpc) is 2.69. The summed E-state index contributed by atoms with van der Waals surface area (Å²) < 4.78 is 11.4. The summed E-state index contributed by atoms with van der Waals surface area (Å²) in [5.41, 5.74) is 0. The fourth-order valence-electron chi connectivity index (χ4n) is 3.28. The topological polar surface area (TPSA) is 18.5 Å². The van der Waals surface area contributed by atoms with Crippen LogP contribution in [0.15, 0.2) is 0 Å². The maximum Gasteiger partial charge on any atom is 0.157 e. The summed E-state index contributed by atoms with van der Waals surface area (Å²) in [7, 11) is 0. The van der Waals surface area contributed by atoms with Crippen LogP contribution in [0.5, 0.6) is 0 Å². The van der Waals surface area contributed by atoms with Crippen molar-refractivity contribution in [3.05, 3.63) is 0 Å². The van der Waals surface area contributed by atoms with E-state index in [-0.39, 0.29) is 6.29 Å². The van der Waals surface area contributed by atoms with Gasteiger partial charge in [0, 0.05) is 6.61 Å². The van der Waals surface area contributed by atoms with E-state index in [1.165, 1.54) is 32.1 Å². The minimum absolute atomic E-state index is 0.130. The molecule has 0 aromatic rings. The van der Waals surface area contributed by atoms with Gasteiger partial charge in [-0.15, -0.1) is 0 Å². The molecule has 2 heteroatoms. The normalized spacial score (nSPS) is 46.3. The van der Waals surface area contributed by atoms with Crippen LogP contribution in [-0.4, -0.2) is 19.5 Å². The first-order chi connectivity index (χ1) is 6.95. The second-order valence-corrected chi connectivity index (χ2v) is 5.05. The van der Waals surface area contributed by atoms with E-state index in [0.717, 1.165) is 37.4 Å². The summed E-state index contributed by atoms with van der Waals surface area (Å²) in [5, 5.41) is 0. The Morgan fingerprint density at radius 3 is 2.57 bits per heavy atom. The van der Waals surface area contributed by atoms with Gasteiger partial charge in [0.15, 0.2) is 6.29 Å². The van der Waals surface area contributed by atoms with Crippen LogP contribution in [0.2, 0.25) is 0 Å². The lowest BCUT2D eigenvalue weighted by Gasteiger charge is -2.22. The lowest BCUT2D eigenvalue weighted by atomic mass is 10.1. The van der Waals surface area contributed by atoms with Crippen LogP contribution in [0.4, 0.5) is 0 Å². The van der Waals surface area contributed by atoms with Gasteiger partial charge in [-0.1, -0.05) is 6.42 Å². The van der Waals surface area contributed by atoms with Gasteiger partial charge in [0.2, 0.25) is 0 Å². The standard InChI is InChI=1S/C12H20O2/c1-2-7-13-12(6-1)14-8-11-9-4-3-5-10(9)11/h9-12H,1-8H2/t9-,10+,11?,12?. The molecule has 0 radical (unpaired) electrons. The zero-order chi connectivity index (χ0) is 9.38. The Morgan fingerprint density at radius 2 is 1.86 bits per heavy atom. The van der Waals surface area contributed by atoms with Crippen LogP contribution in [-0.2, 0) is 9.47 Å². The molecule has 3 fully saturated rings. The smallest absolute Gasteiger partial charge is 0.157 e. The molecule has 1 heterocycles. The van der Waals surface area contributed by atoms with Crippen molar-refractivity contribution in [3.63, 3.8) is 0 Å². The Morgan fingerprint density at radius 1 is 1.00 bits per heavy atom. The molecule has 0 bridgehead atoms. The quantitative estimate of drug-likeness (QED) is 0.690. The van der Waals surface area contributed by atoms with E-state index in [9.17, 15) is 0 Å². The predicted molar refractivity (Wildman–Crippen MR) is 53.9 cm³/mol. The molecule has 0 N–H and O–H groups in total. The third-order valence-electron chi connectivity index (χ3n) is 4.20. The highest BCUT2D eigenvalue weighted by atomic mass is 16.7. The van der Waals surface area contributed by atoms with Crippen LogP contribution in [0.25, 0.3) is 0 Å². The van der Waals surface area contributed by atoms with Gasteiger partial charge in [-0.2, -0.15) is 0 Å². The minimum atomic E-state index is 0.130. The highest BCUT2D eigenvalue weighted by molar-refractivity contribution is 5.00. The SMILES string of the molecule is C1CCC(OCC2[C@H]3CCC[C@@H]23)OC1. The lowest BCUT2D eigenvalue weighted by Crippen LogP contribution is -2.23. The lowest BCUT2D eigenvalue weighted by molar-refractivity contribution is -0.165. The molecular weight excluding hydrogens is 176 g/mol. The van der Waals surface area contributed by atoms with Gasteiger partial charge in [-0.25, -0.2) is 0 Å². The highest BCUT2D eigenvalue weighted by Gasteiger charge is 2.52. The molecule has 3 aliphatic rings. The zero-order valence-electron chi connectivity index (χ0n) is 8.78. The maximum absolute atomic E-state index is 5.82. The van der Waals surface area contributed by atoms with E-state index >= 15 is 0 Å². The van der Waals surface area contributed by atoms with Gasteiger partial charge in [-0.3, -0.25) is 0 Å². The van der Waals surface area contributed by atoms with Crippen molar-refractivity contribution in [2.75, 3.05) is 13.2 Å². The molecule has 2 saturated carbocycles. The molecule has 1 saturated heterocycles. The maximum atomic E-state index is 5.82. The van der Waals surface area contributed by atoms with E-state index in [0.29, 0.717) is 0 Å². The van der Waals surface area contributed by atoms with E-state index in [1.807, 2.05) is 0 Å². The van der Waals surface area contributed by atoms with Crippen LogP contribution in [0, 0.1) is 17.8 Å². The van der Waals surface area contributed by atoms with Crippen molar-refractivity contribution in [3.8, 4) is 0 Å². The average molecular weight is 196 g/mol. The molecule has 2 nitrogen and oxygen atoms in total. The van der Waals surface area contributed by atoms with Gasteiger partial charge in [0.1, 0.15) is 0 Å². The van der Waals surface area contributed by atoms with Gasteiger partial charge in [0.05, 0.1) is 6.61 Å². The first-order valence-corrected chi connectivity index (χ1v) is 6.18.